The Balaban J connectivity index is 1.95. The second-order valence-electron chi connectivity index (χ2n) is 5.65. The van der Waals surface area contributed by atoms with Gasteiger partial charge in [0, 0.05) is 44.5 Å². The monoisotopic (exact) mass is 305 g/mol. The Morgan fingerprint density at radius 1 is 1.27 bits per heavy atom. The normalized spacial score (nSPS) is 15.3. The molecule has 0 aromatic heterocycles. The van der Waals surface area contributed by atoms with Crippen LogP contribution in [0.2, 0.25) is 0 Å². The smallest absolute Gasteiger partial charge is 0.407 e. The number of amides is 2. The Kier molecular flexibility index (Phi) is 5.25. The van der Waals surface area contributed by atoms with Gasteiger partial charge in [-0.05, 0) is 31.0 Å². The number of nitrogens with one attached hydrogen (secondary N) is 1. The van der Waals surface area contributed by atoms with E-state index in [4.69, 9.17) is 0 Å². The lowest BCUT2D eigenvalue weighted by Gasteiger charge is -2.32. The zero-order valence-corrected chi connectivity index (χ0v) is 13.3. The number of carbonyl (C=O) groups is 2. The Morgan fingerprint density at radius 3 is 2.55 bits per heavy atom. The number of piperidine rings is 1. The Hall–Kier alpha value is -2.24. The summed E-state index contributed by atoms with van der Waals surface area (Å²) in [5, 5.41) is 2.79. The van der Waals surface area contributed by atoms with Crippen molar-refractivity contribution < 1.29 is 14.3 Å². The van der Waals surface area contributed by atoms with Crippen LogP contribution in [0.5, 0.6) is 0 Å². The van der Waals surface area contributed by atoms with Crippen molar-refractivity contribution in [3.63, 3.8) is 0 Å². The average molecular weight is 305 g/mol. The van der Waals surface area contributed by atoms with Crippen molar-refractivity contribution in [3.05, 3.63) is 29.8 Å². The Labute approximate surface area is 131 Å². The first-order valence-electron chi connectivity index (χ1n) is 7.42. The highest BCUT2D eigenvalue weighted by Crippen LogP contribution is 2.18. The van der Waals surface area contributed by atoms with Crippen molar-refractivity contribution in [1.29, 1.82) is 0 Å². The zero-order chi connectivity index (χ0) is 16.1. The van der Waals surface area contributed by atoms with E-state index in [0.717, 1.165) is 18.5 Å². The van der Waals surface area contributed by atoms with Gasteiger partial charge in [0.15, 0.2) is 0 Å². The van der Waals surface area contributed by atoms with Gasteiger partial charge in [-0.15, -0.1) is 0 Å². The Morgan fingerprint density at radius 2 is 1.95 bits per heavy atom. The number of alkyl carbamates (subject to hydrolysis) is 1. The molecule has 1 aliphatic heterocycles. The first-order chi connectivity index (χ1) is 10.5. The van der Waals surface area contributed by atoms with Gasteiger partial charge in [-0.3, -0.25) is 4.79 Å². The maximum Gasteiger partial charge on any atom is 0.407 e. The number of anilines is 1. The third-order valence-electron chi connectivity index (χ3n) is 3.90. The van der Waals surface area contributed by atoms with Gasteiger partial charge in [-0.2, -0.15) is 0 Å². The minimum Gasteiger partial charge on any atom is -0.453 e. The molecule has 0 unspecified atom stereocenters. The summed E-state index contributed by atoms with van der Waals surface area (Å²) in [5.74, 6) is 0.0419. The summed E-state index contributed by atoms with van der Waals surface area (Å²) < 4.78 is 4.60. The molecule has 2 amide bonds. The predicted octanol–water partition coefficient (Wildman–Crippen LogP) is 1.71. The molecule has 1 fully saturated rings. The summed E-state index contributed by atoms with van der Waals surface area (Å²) in [6.45, 7) is 1.28. The molecule has 0 aliphatic carbocycles. The summed E-state index contributed by atoms with van der Waals surface area (Å²) in [6, 6.07) is 7.69. The van der Waals surface area contributed by atoms with Crippen LogP contribution in [0, 0.1) is 0 Å². The van der Waals surface area contributed by atoms with Gasteiger partial charge in [-0.25, -0.2) is 4.79 Å². The number of likely N-dealkylation sites (tertiary alicyclic amines) is 1. The van der Waals surface area contributed by atoms with E-state index in [0.29, 0.717) is 18.7 Å². The SMILES string of the molecule is COC(=O)NC1CCN(C(=O)c2cccc(N(C)C)c2)CC1. The van der Waals surface area contributed by atoms with Gasteiger partial charge in [0.25, 0.3) is 5.91 Å². The molecule has 0 atom stereocenters. The van der Waals surface area contributed by atoms with E-state index in [1.807, 2.05) is 48.2 Å². The highest BCUT2D eigenvalue weighted by atomic mass is 16.5. The molecule has 0 spiro atoms. The van der Waals surface area contributed by atoms with Crippen LogP contribution in [-0.4, -0.2) is 57.2 Å². The van der Waals surface area contributed by atoms with E-state index in [1.54, 1.807) is 0 Å². The number of hydrogen-bond acceptors (Lipinski definition) is 4. The van der Waals surface area contributed by atoms with E-state index in [-0.39, 0.29) is 11.9 Å². The van der Waals surface area contributed by atoms with Crippen LogP contribution in [-0.2, 0) is 4.74 Å². The van der Waals surface area contributed by atoms with Crippen LogP contribution < -0.4 is 10.2 Å². The topological polar surface area (TPSA) is 61.9 Å². The van der Waals surface area contributed by atoms with Crippen LogP contribution in [0.1, 0.15) is 23.2 Å². The summed E-state index contributed by atoms with van der Waals surface area (Å²) in [4.78, 5) is 27.6. The minimum absolute atomic E-state index is 0.0419. The number of benzene rings is 1. The summed E-state index contributed by atoms with van der Waals surface area (Å²) in [5.41, 5.74) is 1.71. The molecule has 6 nitrogen and oxygen atoms in total. The van der Waals surface area contributed by atoms with Crippen LogP contribution >= 0.6 is 0 Å². The largest absolute Gasteiger partial charge is 0.453 e. The van der Waals surface area contributed by atoms with Crippen molar-refractivity contribution in [2.24, 2.45) is 0 Å². The predicted molar refractivity (Wildman–Crippen MR) is 85.2 cm³/mol. The fourth-order valence-electron chi connectivity index (χ4n) is 2.55. The van der Waals surface area contributed by atoms with Gasteiger partial charge in [-0.1, -0.05) is 6.07 Å². The van der Waals surface area contributed by atoms with Crippen molar-refractivity contribution in [1.82, 2.24) is 10.2 Å². The first kappa shape index (κ1) is 16.1. The molecule has 1 N–H and O–H groups in total. The number of ether oxygens (including phenoxy) is 1. The standard InChI is InChI=1S/C16H23N3O3/c1-18(2)14-6-4-5-12(11-14)15(20)19-9-7-13(8-10-19)17-16(21)22-3/h4-6,11,13H,7-10H2,1-3H3,(H,17,21). The molecule has 6 heteroatoms. The third kappa shape index (κ3) is 3.90. The minimum atomic E-state index is -0.413. The number of rotatable bonds is 3. The van der Waals surface area contributed by atoms with Crippen LogP contribution in [0.3, 0.4) is 0 Å². The average Bonchev–Trinajstić information content (AvgIpc) is 2.55. The lowest BCUT2D eigenvalue weighted by atomic mass is 10.0. The van der Waals surface area contributed by atoms with E-state index in [2.05, 4.69) is 10.1 Å². The fourth-order valence-corrected chi connectivity index (χ4v) is 2.55. The number of hydrogen-bond donors (Lipinski definition) is 1. The molecule has 1 aliphatic rings. The van der Waals surface area contributed by atoms with Gasteiger partial charge in [0.2, 0.25) is 0 Å². The quantitative estimate of drug-likeness (QED) is 0.923. The molecule has 1 saturated heterocycles. The second kappa shape index (κ2) is 7.15. The van der Waals surface area contributed by atoms with Crippen molar-refractivity contribution in [2.45, 2.75) is 18.9 Å². The molecule has 1 aromatic rings. The van der Waals surface area contributed by atoms with Gasteiger partial charge < -0.3 is 19.9 Å². The third-order valence-corrected chi connectivity index (χ3v) is 3.90. The molecule has 0 bridgehead atoms. The summed E-state index contributed by atoms with van der Waals surface area (Å²) in [7, 11) is 5.26. The fraction of sp³-hybridized carbons (Fsp3) is 0.500. The second-order valence-corrected chi connectivity index (χ2v) is 5.65. The maximum atomic E-state index is 12.6. The van der Waals surface area contributed by atoms with E-state index in [1.165, 1.54) is 7.11 Å². The molecule has 22 heavy (non-hydrogen) atoms. The number of nitrogens with zero attached hydrogens (tertiary/aromatic N) is 2. The Bertz CT molecular complexity index is 537. The van der Waals surface area contributed by atoms with Crippen LogP contribution in [0.15, 0.2) is 24.3 Å². The van der Waals surface area contributed by atoms with Crippen molar-refractivity contribution in [2.75, 3.05) is 39.2 Å². The van der Waals surface area contributed by atoms with Gasteiger partial charge in [0.1, 0.15) is 0 Å². The van der Waals surface area contributed by atoms with Crippen molar-refractivity contribution in [3.8, 4) is 0 Å². The highest BCUT2D eigenvalue weighted by molar-refractivity contribution is 5.95. The lowest BCUT2D eigenvalue weighted by molar-refractivity contribution is 0.0704. The number of carbonyl (C=O) groups excluding carboxylic acids is 2. The maximum absolute atomic E-state index is 12.6. The first-order valence-corrected chi connectivity index (χ1v) is 7.42. The molecular formula is C16H23N3O3. The van der Waals surface area contributed by atoms with Crippen LogP contribution in [0.4, 0.5) is 10.5 Å². The van der Waals surface area contributed by atoms with Crippen LogP contribution in [0.25, 0.3) is 0 Å². The zero-order valence-electron chi connectivity index (χ0n) is 13.3. The molecule has 0 radical (unpaired) electrons. The van der Waals surface area contributed by atoms with Gasteiger partial charge in [0.05, 0.1) is 7.11 Å². The van der Waals surface area contributed by atoms with Crippen molar-refractivity contribution >= 4 is 17.7 Å². The number of methoxy groups -OCH3 is 1. The van der Waals surface area contributed by atoms with E-state index >= 15 is 0 Å². The van der Waals surface area contributed by atoms with Gasteiger partial charge >= 0.3 is 6.09 Å². The molecule has 1 aromatic carbocycles. The molecule has 0 saturated carbocycles. The summed E-state index contributed by atoms with van der Waals surface area (Å²) in [6.07, 6.45) is 1.08. The lowest BCUT2D eigenvalue weighted by Crippen LogP contribution is -2.46. The van der Waals surface area contributed by atoms with E-state index in [9.17, 15) is 9.59 Å². The molecule has 120 valence electrons. The van der Waals surface area contributed by atoms with E-state index < -0.39 is 6.09 Å². The molecule has 1 heterocycles. The highest BCUT2D eigenvalue weighted by Gasteiger charge is 2.24. The summed E-state index contributed by atoms with van der Waals surface area (Å²) >= 11 is 0. The molecular weight excluding hydrogens is 282 g/mol. The molecule has 2 rings (SSSR count).